The fraction of sp³-hybridized carbons (Fsp3) is 0.200. The summed E-state index contributed by atoms with van der Waals surface area (Å²) in [6, 6.07) is 5.51. The first-order valence-corrected chi connectivity index (χ1v) is 4.02. The van der Waals surface area contributed by atoms with E-state index in [1.54, 1.807) is 0 Å². The normalized spacial score (nSPS) is 9.86. The number of aliphatic hydroxyl groups is 1. The maximum atomic E-state index is 11.9. The summed E-state index contributed by atoms with van der Waals surface area (Å²) in [6.45, 7) is -1.62. The topological polar surface area (TPSA) is 54.4 Å². The Morgan fingerprint density at radius 3 is 1.86 bits per heavy atom. The van der Waals surface area contributed by atoms with Gasteiger partial charge in [0.25, 0.3) is 0 Å². The van der Waals surface area contributed by atoms with Crippen molar-refractivity contribution in [2.24, 2.45) is 0 Å². The fourth-order valence-electron chi connectivity index (χ4n) is 1.01. The minimum Gasteiger partial charge on any atom is -0.388 e. The number of hydrogen-bond acceptors (Lipinski definition) is 3. The van der Waals surface area contributed by atoms with E-state index in [1.165, 1.54) is 24.3 Å². The Morgan fingerprint density at radius 1 is 1.07 bits per heavy atom. The number of halogens is 1. The molecule has 0 atom stereocenters. The molecule has 1 aromatic rings. The summed E-state index contributed by atoms with van der Waals surface area (Å²) >= 11 is 0. The maximum absolute atomic E-state index is 11.9. The Bertz CT molecular complexity index is 308. The molecule has 0 heterocycles. The number of benzene rings is 1. The third-order valence-electron chi connectivity index (χ3n) is 1.79. The van der Waals surface area contributed by atoms with Crippen LogP contribution in [0.3, 0.4) is 0 Å². The Morgan fingerprint density at radius 2 is 1.50 bits per heavy atom. The molecule has 1 aromatic carbocycles. The quantitative estimate of drug-likeness (QED) is 0.731. The molecule has 14 heavy (non-hydrogen) atoms. The van der Waals surface area contributed by atoms with Crippen molar-refractivity contribution in [2.45, 2.75) is 0 Å². The van der Waals surface area contributed by atoms with Gasteiger partial charge in [-0.15, -0.1) is 0 Å². The molecule has 0 radical (unpaired) electrons. The van der Waals surface area contributed by atoms with Gasteiger partial charge in [-0.1, -0.05) is 24.3 Å². The van der Waals surface area contributed by atoms with Gasteiger partial charge in [-0.05, 0) is 0 Å². The molecule has 0 aliphatic heterocycles. The molecule has 0 amide bonds. The van der Waals surface area contributed by atoms with Gasteiger partial charge in [-0.2, -0.15) is 0 Å². The number of ketones is 2. The highest BCUT2D eigenvalue weighted by Crippen LogP contribution is 2.06. The van der Waals surface area contributed by atoms with E-state index in [2.05, 4.69) is 0 Å². The van der Waals surface area contributed by atoms with Crippen molar-refractivity contribution in [2.75, 3.05) is 13.3 Å². The van der Waals surface area contributed by atoms with Crippen molar-refractivity contribution in [3.63, 3.8) is 0 Å². The molecule has 0 unspecified atom stereocenters. The zero-order valence-corrected chi connectivity index (χ0v) is 7.37. The van der Waals surface area contributed by atoms with E-state index < -0.39 is 24.8 Å². The highest BCUT2D eigenvalue weighted by Gasteiger charge is 2.07. The van der Waals surface area contributed by atoms with Gasteiger partial charge < -0.3 is 5.11 Å². The highest BCUT2D eigenvalue weighted by molar-refractivity contribution is 6.00. The van der Waals surface area contributed by atoms with Crippen LogP contribution in [0.15, 0.2) is 24.3 Å². The average molecular weight is 196 g/mol. The predicted octanol–water partition coefficient (Wildman–Crippen LogP) is 1.01. The van der Waals surface area contributed by atoms with Gasteiger partial charge in [0.2, 0.25) is 0 Å². The summed E-state index contributed by atoms with van der Waals surface area (Å²) in [4.78, 5) is 21.8. The van der Waals surface area contributed by atoms with Crippen LogP contribution in [0, 0.1) is 0 Å². The summed E-state index contributed by atoms with van der Waals surface area (Å²) in [5.74, 6) is -1.04. The lowest BCUT2D eigenvalue weighted by Gasteiger charge is -1.99. The van der Waals surface area contributed by atoms with Crippen molar-refractivity contribution in [3.05, 3.63) is 35.4 Å². The second-order valence-corrected chi connectivity index (χ2v) is 2.72. The first-order chi connectivity index (χ1) is 6.69. The summed E-state index contributed by atoms with van der Waals surface area (Å²) in [5, 5.41) is 8.54. The molecule has 0 aromatic heterocycles. The standard InChI is InChI=1S/C10H9FO3/c11-5-9(13)7-1-3-8(4-2-7)10(14)6-12/h1-4,12H,5-6H2. The number of carbonyl (C=O) groups is 2. The van der Waals surface area contributed by atoms with E-state index >= 15 is 0 Å². The smallest absolute Gasteiger partial charge is 0.193 e. The highest BCUT2D eigenvalue weighted by atomic mass is 19.1. The average Bonchev–Trinajstić information content (AvgIpc) is 2.27. The first-order valence-electron chi connectivity index (χ1n) is 4.02. The van der Waals surface area contributed by atoms with Gasteiger partial charge in [0.1, 0.15) is 6.61 Å². The van der Waals surface area contributed by atoms with Gasteiger partial charge in [0, 0.05) is 11.1 Å². The Balaban J connectivity index is 2.89. The first kappa shape index (κ1) is 10.5. The molecular weight excluding hydrogens is 187 g/mol. The van der Waals surface area contributed by atoms with Crippen molar-refractivity contribution in [1.29, 1.82) is 0 Å². The minimum absolute atomic E-state index is 0.224. The number of rotatable bonds is 4. The van der Waals surface area contributed by atoms with Crippen molar-refractivity contribution < 1.29 is 19.1 Å². The summed E-state index contributed by atoms with van der Waals surface area (Å²) in [7, 11) is 0. The lowest BCUT2D eigenvalue weighted by atomic mass is 10.1. The lowest BCUT2D eigenvalue weighted by Crippen LogP contribution is -2.06. The van der Waals surface area contributed by atoms with E-state index in [4.69, 9.17) is 5.11 Å². The third-order valence-corrected chi connectivity index (χ3v) is 1.79. The molecule has 74 valence electrons. The number of Topliss-reactive ketones (excluding diaryl/α,β-unsaturated/α-hetero) is 2. The van der Waals surface area contributed by atoms with Crippen LogP contribution in [0.1, 0.15) is 20.7 Å². The number of aliphatic hydroxyl groups excluding tert-OH is 1. The number of alkyl halides is 1. The van der Waals surface area contributed by atoms with Gasteiger partial charge in [-0.25, -0.2) is 4.39 Å². The lowest BCUT2D eigenvalue weighted by molar-refractivity contribution is 0.0902. The van der Waals surface area contributed by atoms with Crippen LogP contribution in [0.4, 0.5) is 4.39 Å². The van der Waals surface area contributed by atoms with Crippen LogP contribution >= 0.6 is 0 Å². The molecule has 0 fully saturated rings. The van der Waals surface area contributed by atoms with Gasteiger partial charge >= 0.3 is 0 Å². The molecule has 0 aliphatic carbocycles. The molecule has 0 saturated heterocycles. The summed E-state index contributed by atoms with van der Waals surface area (Å²) < 4.78 is 11.9. The van der Waals surface area contributed by atoms with Gasteiger partial charge in [0.15, 0.2) is 18.2 Å². The molecule has 0 saturated carbocycles. The molecule has 1 rings (SSSR count). The van der Waals surface area contributed by atoms with E-state index in [9.17, 15) is 14.0 Å². The number of hydrogen-bond donors (Lipinski definition) is 1. The molecule has 4 heteroatoms. The molecule has 1 N–H and O–H groups in total. The SMILES string of the molecule is O=C(CO)c1ccc(C(=O)CF)cc1. The van der Waals surface area contributed by atoms with Crippen LogP contribution < -0.4 is 0 Å². The monoisotopic (exact) mass is 196 g/mol. The Labute approximate surface area is 80.2 Å². The maximum Gasteiger partial charge on any atom is 0.193 e. The summed E-state index contributed by atoms with van der Waals surface area (Å²) in [6.07, 6.45) is 0. The van der Waals surface area contributed by atoms with Crippen LogP contribution in [-0.2, 0) is 0 Å². The Hall–Kier alpha value is -1.55. The zero-order valence-electron chi connectivity index (χ0n) is 7.37. The van der Waals surface area contributed by atoms with Crippen LogP contribution in [0.25, 0.3) is 0 Å². The van der Waals surface area contributed by atoms with E-state index in [0.29, 0.717) is 5.56 Å². The van der Waals surface area contributed by atoms with Crippen molar-refractivity contribution in [1.82, 2.24) is 0 Å². The van der Waals surface area contributed by atoms with Crippen LogP contribution in [0.5, 0.6) is 0 Å². The predicted molar refractivity (Wildman–Crippen MR) is 48.2 cm³/mol. The molecule has 0 aliphatic rings. The van der Waals surface area contributed by atoms with Gasteiger partial charge in [-0.3, -0.25) is 9.59 Å². The van der Waals surface area contributed by atoms with Crippen molar-refractivity contribution in [3.8, 4) is 0 Å². The van der Waals surface area contributed by atoms with Crippen LogP contribution in [0.2, 0.25) is 0 Å². The summed E-state index contributed by atoms with van der Waals surface area (Å²) in [5.41, 5.74) is 0.532. The van der Waals surface area contributed by atoms with Gasteiger partial charge in [0.05, 0.1) is 0 Å². The number of carbonyl (C=O) groups excluding carboxylic acids is 2. The molecular formula is C10H9FO3. The Kier molecular flexibility index (Phi) is 3.48. The molecule has 0 bridgehead atoms. The zero-order chi connectivity index (χ0) is 10.6. The minimum atomic E-state index is -1.05. The third kappa shape index (κ3) is 2.23. The molecule has 3 nitrogen and oxygen atoms in total. The van der Waals surface area contributed by atoms with E-state index in [1.807, 2.05) is 0 Å². The van der Waals surface area contributed by atoms with Crippen LogP contribution in [-0.4, -0.2) is 30.0 Å². The molecule has 0 spiro atoms. The van der Waals surface area contributed by atoms with E-state index in [0.717, 1.165) is 0 Å². The fourth-order valence-corrected chi connectivity index (χ4v) is 1.01. The second-order valence-electron chi connectivity index (χ2n) is 2.72. The second kappa shape index (κ2) is 4.62. The largest absolute Gasteiger partial charge is 0.388 e. The van der Waals surface area contributed by atoms with E-state index in [-0.39, 0.29) is 5.56 Å². The van der Waals surface area contributed by atoms with Crippen molar-refractivity contribution >= 4 is 11.6 Å².